The van der Waals surface area contributed by atoms with Gasteiger partial charge in [0.1, 0.15) is 23.9 Å². The maximum Gasteiger partial charge on any atom is 0.127 e. The lowest BCUT2D eigenvalue weighted by Gasteiger charge is -2.06. The van der Waals surface area contributed by atoms with E-state index in [-0.39, 0.29) is 0 Å². The van der Waals surface area contributed by atoms with E-state index in [0.717, 1.165) is 23.7 Å². The molecule has 1 aliphatic carbocycles. The number of aryl methyl sites for hydroxylation is 1. The minimum absolute atomic E-state index is 0.629. The second-order valence-electron chi connectivity index (χ2n) is 7.13. The Labute approximate surface area is 221 Å². The van der Waals surface area contributed by atoms with E-state index in [4.69, 9.17) is 9.47 Å². The molecule has 0 bridgehead atoms. The number of benzene rings is 3. The molecule has 0 unspecified atom stereocenters. The predicted molar refractivity (Wildman–Crippen MR) is 159 cm³/mol. The van der Waals surface area contributed by atoms with Crippen molar-refractivity contribution in [2.45, 2.75) is 68.4 Å². The standard InChI is InChI=1S/2C14H14O.3C2H6/c1-12-6-5-9-14(10-12)15-11-13-7-3-2-4-8-13;1-12-6-5-9-14(11-10-12)15-13-7-3-2-4-8-13;3*1-2/h2-10H,11H2,1H3;2-4,6-11H,5H2,1H3;3*1-2H3. The lowest BCUT2D eigenvalue weighted by molar-refractivity contribution is 0.306. The van der Waals surface area contributed by atoms with Crippen LogP contribution in [0.1, 0.15) is 66.0 Å². The molecule has 194 valence electrons. The minimum Gasteiger partial charge on any atom is -0.489 e. The summed E-state index contributed by atoms with van der Waals surface area (Å²) in [7, 11) is 0. The Morgan fingerprint density at radius 3 is 1.81 bits per heavy atom. The average molecular weight is 487 g/mol. The van der Waals surface area contributed by atoms with Crippen LogP contribution in [-0.2, 0) is 6.61 Å². The first-order chi connectivity index (χ1) is 17.7. The highest BCUT2D eigenvalue weighted by atomic mass is 16.5. The van der Waals surface area contributed by atoms with E-state index in [9.17, 15) is 0 Å². The Morgan fingerprint density at radius 1 is 0.611 bits per heavy atom. The Morgan fingerprint density at radius 2 is 1.19 bits per heavy atom. The third kappa shape index (κ3) is 14.7. The molecule has 0 radical (unpaired) electrons. The monoisotopic (exact) mass is 486 g/mol. The fraction of sp³-hybridized carbons (Fsp3) is 0.294. The third-order valence-corrected chi connectivity index (χ3v) is 4.49. The molecule has 0 amide bonds. The number of para-hydroxylation sites is 1. The Bertz CT molecular complexity index is 1000. The van der Waals surface area contributed by atoms with Crippen LogP contribution >= 0.6 is 0 Å². The van der Waals surface area contributed by atoms with Crippen LogP contribution in [0.25, 0.3) is 0 Å². The molecule has 0 atom stereocenters. The van der Waals surface area contributed by atoms with Gasteiger partial charge in [-0.2, -0.15) is 0 Å². The summed E-state index contributed by atoms with van der Waals surface area (Å²) in [6.45, 7) is 16.8. The van der Waals surface area contributed by atoms with Crippen molar-refractivity contribution in [1.82, 2.24) is 0 Å². The van der Waals surface area contributed by atoms with Crippen molar-refractivity contribution in [3.63, 3.8) is 0 Å². The van der Waals surface area contributed by atoms with Crippen molar-refractivity contribution >= 4 is 0 Å². The number of ether oxygens (including phenoxy) is 2. The van der Waals surface area contributed by atoms with Crippen LogP contribution in [0, 0.1) is 6.92 Å². The van der Waals surface area contributed by atoms with Crippen LogP contribution in [0.2, 0.25) is 0 Å². The van der Waals surface area contributed by atoms with Crippen molar-refractivity contribution in [2.75, 3.05) is 0 Å². The molecule has 0 spiro atoms. The normalized spacial score (nSPS) is 11.0. The molecule has 4 rings (SSSR count). The average Bonchev–Trinajstić information content (AvgIpc) is 3.16. The maximum atomic E-state index is 5.72. The van der Waals surface area contributed by atoms with E-state index in [0.29, 0.717) is 6.61 Å². The first-order valence-electron chi connectivity index (χ1n) is 13.2. The van der Waals surface area contributed by atoms with Gasteiger partial charge in [0.15, 0.2) is 0 Å². The molecule has 0 saturated carbocycles. The zero-order valence-electron chi connectivity index (χ0n) is 23.6. The van der Waals surface area contributed by atoms with Crippen LogP contribution in [-0.4, -0.2) is 0 Å². The summed E-state index contributed by atoms with van der Waals surface area (Å²) < 4.78 is 11.4. The summed E-state index contributed by atoms with van der Waals surface area (Å²) in [6, 6.07) is 28.1. The Balaban J connectivity index is 0.000000564. The van der Waals surface area contributed by atoms with E-state index in [1.807, 2.05) is 114 Å². The van der Waals surface area contributed by atoms with Crippen molar-refractivity contribution < 1.29 is 9.47 Å². The second kappa shape index (κ2) is 22.0. The Hall–Kier alpha value is -3.52. The van der Waals surface area contributed by atoms with Gasteiger partial charge >= 0.3 is 0 Å². The van der Waals surface area contributed by atoms with Gasteiger partial charge in [-0.3, -0.25) is 0 Å². The zero-order valence-corrected chi connectivity index (χ0v) is 23.6. The van der Waals surface area contributed by atoms with E-state index < -0.39 is 0 Å². The summed E-state index contributed by atoms with van der Waals surface area (Å²) in [6.07, 6.45) is 9.27. The Kier molecular flexibility index (Phi) is 19.8. The van der Waals surface area contributed by atoms with Gasteiger partial charge in [-0.05, 0) is 67.8 Å². The SMILES string of the molecule is CC.CC.CC.CC1=CCC=C(Oc2ccccc2)C=C1.Cc1cccc(OCc2ccccc2)c1. The highest BCUT2D eigenvalue weighted by molar-refractivity contribution is 5.32. The van der Waals surface area contributed by atoms with E-state index in [1.165, 1.54) is 16.7 Å². The number of rotatable bonds is 5. The van der Waals surface area contributed by atoms with Crippen molar-refractivity contribution in [3.05, 3.63) is 132 Å². The molecule has 1 aliphatic rings. The molecule has 0 aromatic heterocycles. The molecule has 3 aromatic rings. The largest absolute Gasteiger partial charge is 0.489 e. The third-order valence-electron chi connectivity index (χ3n) is 4.49. The molecule has 0 N–H and O–H groups in total. The molecule has 0 fully saturated rings. The molecule has 3 aromatic carbocycles. The molecule has 36 heavy (non-hydrogen) atoms. The van der Waals surface area contributed by atoms with Gasteiger partial charge in [-0.1, -0.05) is 120 Å². The topological polar surface area (TPSA) is 18.5 Å². The number of hydrogen-bond donors (Lipinski definition) is 0. The van der Waals surface area contributed by atoms with E-state index in [1.54, 1.807) is 0 Å². The van der Waals surface area contributed by atoms with Crippen LogP contribution < -0.4 is 9.47 Å². The predicted octanol–water partition coefficient (Wildman–Crippen LogP) is 10.5. The summed E-state index contributed by atoms with van der Waals surface area (Å²) in [5, 5.41) is 0. The van der Waals surface area contributed by atoms with Gasteiger partial charge in [0.25, 0.3) is 0 Å². The van der Waals surface area contributed by atoms with Gasteiger partial charge in [0, 0.05) is 0 Å². The summed E-state index contributed by atoms with van der Waals surface area (Å²) in [4.78, 5) is 0. The number of hydrogen-bond acceptors (Lipinski definition) is 2. The van der Waals surface area contributed by atoms with E-state index in [2.05, 4.69) is 50.3 Å². The minimum atomic E-state index is 0.629. The lowest BCUT2D eigenvalue weighted by Crippen LogP contribution is -1.94. The van der Waals surface area contributed by atoms with Crippen LogP contribution in [0.5, 0.6) is 11.5 Å². The van der Waals surface area contributed by atoms with Gasteiger partial charge in [-0.15, -0.1) is 0 Å². The van der Waals surface area contributed by atoms with Crippen molar-refractivity contribution in [2.24, 2.45) is 0 Å². The summed E-state index contributed by atoms with van der Waals surface area (Å²) in [5.41, 5.74) is 3.69. The molecule has 0 aliphatic heterocycles. The molecule has 0 heterocycles. The fourth-order valence-corrected chi connectivity index (χ4v) is 2.86. The molecular formula is C34H46O2. The fourth-order valence-electron chi connectivity index (χ4n) is 2.86. The highest BCUT2D eigenvalue weighted by Crippen LogP contribution is 2.17. The first-order valence-corrected chi connectivity index (χ1v) is 13.2. The van der Waals surface area contributed by atoms with Crippen molar-refractivity contribution in [3.8, 4) is 11.5 Å². The first kappa shape index (κ1) is 32.5. The lowest BCUT2D eigenvalue weighted by atomic mass is 10.2. The van der Waals surface area contributed by atoms with Gasteiger partial charge < -0.3 is 9.47 Å². The van der Waals surface area contributed by atoms with Gasteiger partial charge in [-0.25, -0.2) is 0 Å². The van der Waals surface area contributed by atoms with Crippen molar-refractivity contribution in [1.29, 1.82) is 0 Å². The van der Waals surface area contributed by atoms with Gasteiger partial charge in [0.2, 0.25) is 0 Å². The molecule has 2 heteroatoms. The molecule has 0 saturated heterocycles. The van der Waals surface area contributed by atoms with Crippen LogP contribution in [0.3, 0.4) is 0 Å². The smallest absolute Gasteiger partial charge is 0.127 e. The quantitative estimate of drug-likeness (QED) is 0.357. The maximum absolute atomic E-state index is 5.72. The second-order valence-corrected chi connectivity index (χ2v) is 7.13. The van der Waals surface area contributed by atoms with Crippen LogP contribution in [0.4, 0.5) is 0 Å². The molecule has 2 nitrogen and oxygen atoms in total. The summed E-state index contributed by atoms with van der Waals surface area (Å²) >= 11 is 0. The zero-order chi connectivity index (χ0) is 27.0. The highest BCUT2D eigenvalue weighted by Gasteiger charge is 1.98. The van der Waals surface area contributed by atoms with Crippen LogP contribution in [0.15, 0.2) is 121 Å². The van der Waals surface area contributed by atoms with Gasteiger partial charge in [0.05, 0.1) is 0 Å². The van der Waals surface area contributed by atoms with E-state index >= 15 is 0 Å². The summed E-state index contributed by atoms with van der Waals surface area (Å²) in [5.74, 6) is 2.72. The number of allylic oxidation sites excluding steroid dienone is 5. The molecular weight excluding hydrogens is 440 g/mol.